The molecule has 0 fully saturated rings. The molecule has 0 bridgehead atoms. The van der Waals surface area contributed by atoms with Crippen molar-refractivity contribution in [3.8, 4) is 5.75 Å². The molecule has 0 aliphatic rings. The molecule has 100 valence electrons. The summed E-state index contributed by atoms with van der Waals surface area (Å²) in [5.74, 6) is -0.208. The minimum atomic E-state index is -0.532. The molecular formula is C15H17FN2O. The van der Waals surface area contributed by atoms with E-state index in [0.29, 0.717) is 5.56 Å². The standard InChI is InChI=1S/C15H17FN2O/c1-9-7-11(8-10(2)18-9)15(17)12-5-4-6-13(19-3)14(12)16/h4-8,15H,17H2,1-3H3. The van der Waals surface area contributed by atoms with Crippen LogP contribution in [0.2, 0.25) is 0 Å². The smallest absolute Gasteiger partial charge is 0.170 e. The van der Waals surface area contributed by atoms with Gasteiger partial charge in [0.1, 0.15) is 0 Å². The molecule has 1 aromatic heterocycles. The number of methoxy groups -OCH3 is 1. The molecule has 1 heterocycles. The maximum absolute atomic E-state index is 14.2. The summed E-state index contributed by atoms with van der Waals surface area (Å²) in [6.45, 7) is 3.79. The normalized spacial score (nSPS) is 12.3. The number of pyridine rings is 1. The Bertz CT molecular complexity index is 578. The van der Waals surface area contributed by atoms with Crippen LogP contribution in [0.25, 0.3) is 0 Å². The second-order valence-corrected chi connectivity index (χ2v) is 4.52. The number of ether oxygens (including phenoxy) is 1. The van der Waals surface area contributed by atoms with Crippen LogP contribution in [0.3, 0.4) is 0 Å². The predicted molar refractivity (Wildman–Crippen MR) is 72.7 cm³/mol. The number of hydrogen-bond acceptors (Lipinski definition) is 3. The molecule has 0 saturated heterocycles. The Morgan fingerprint density at radius 2 is 1.84 bits per heavy atom. The number of rotatable bonds is 3. The van der Waals surface area contributed by atoms with Crippen molar-refractivity contribution in [1.82, 2.24) is 4.98 Å². The fourth-order valence-corrected chi connectivity index (χ4v) is 2.15. The highest BCUT2D eigenvalue weighted by Gasteiger charge is 2.17. The van der Waals surface area contributed by atoms with E-state index >= 15 is 0 Å². The molecule has 0 saturated carbocycles. The third-order valence-corrected chi connectivity index (χ3v) is 3.01. The Morgan fingerprint density at radius 1 is 1.21 bits per heavy atom. The van der Waals surface area contributed by atoms with Crippen LogP contribution in [0, 0.1) is 19.7 Å². The summed E-state index contributed by atoms with van der Waals surface area (Å²) in [6.07, 6.45) is 0. The van der Waals surface area contributed by atoms with Gasteiger partial charge in [-0.25, -0.2) is 4.39 Å². The maximum atomic E-state index is 14.2. The van der Waals surface area contributed by atoms with Gasteiger partial charge in [-0.05, 0) is 37.6 Å². The van der Waals surface area contributed by atoms with Crippen molar-refractivity contribution in [3.63, 3.8) is 0 Å². The van der Waals surface area contributed by atoms with Crippen molar-refractivity contribution in [2.24, 2.45) is 5.73 Å². The minimum absolute atomic E-state index is 0.204. The number of halogens is 1. The number of benzene rings is 1. The van der Waals surface area contributed by atoms with Gasteiger partial charge in [0.25, 0.3) is 0 Å². The molecule has 19 heavy (non-hydrogen) atoms. The molecule has 1 unspecified atom stereocenters. The second-order valence-electron chi connectivity index (χ2n) is 4.52. The van der Waals surface area contributed by atoms with Gasteiger partial charge in [-0.15, -0.1) is 0 Å². The number of aromatic nitrogens is 1. The van der Waals surface area contributed by atoms with E-state index in [2.05, 4.69) is 4.98 Å². The molecule has 0 aliphatic carbocycles. The lowest BCUT2D eigenvalue weighted by atomic mass is 9.98. The fraction of sp³-hybridized carbons (Fsp3) is 0.267. The molecule has 0 aliphatic heterocycles. The fourth-order valence-electron chi connectivity index (χ4n) is 2.15. The van der Waals surface area contributed by atoms with Crippen LogP contribution in [0.4, 0.5) is 4.39 Å². The molecule has 1 atom stereocenters. The quantitative estimate of drug-likeness (QED) is 0.923. The summed E-state index contributed by atoms with van der Waals surface area (Å²) >= 11 is 0. The van der Waals surface area contributed by atoms with Crippen molar-refractivity contribution in [2.45, 2.75) is 19.9 Å². The lowest BCUT2D eigenvalue weighted by Gasteiger charge is -2.16. The van der Waals surface area contributed by atoms with E-state index in [9.17, 15) is 4.39 Å². The Labute approximate surface area is 112 Å². The Morgan fingerprint density at radius 3 is 2.42 bits per heavy atom. The third kappa shape index (κ3) is 2.74. The van der Waals surface area contributed by atoms with Crippen LogP contribution in [0.1, 0.15) is 28.6 Å². The summed E-state index contributed by atoms with van der Waals surface area (Å²) in [5, 5.41) is 0. The highest BCUT2D eigenvalue weighted by atomic mass is 19.1. The largest absolute Gasteiger partial charge is 0.494 e. The number of aryl methyl sites for hydroxylation is 2. The highest BCUT2D eigenvalue weighted by Crippen LogP contribution is 2.28. The topological polar surface area (TPSA) is 48.1 Å². The SMILES string of the molecule is COc1cccc(C(N)c2cc(C)nc(C)c2)c1F. The third-order valence-electron chi connectivity index (χ3n) is 3.01. The molecule has 0 spiro atoms. The van der Waals surface area contributed by atoms with Crippen molar-refractivity contribution >= 4 is 0 Å². The zero-order chi connectivity index (χ0) is 14.0. The molecular weight excluding hydrogens is 243 g/mol. The van der Waals surface area contributed by atoms with Crippen LogP contribution in [0.5, 0.6) is 5.75 Å². The van der Waals surface area contributed by atoms with Crippen molar-refractivity contribution in [3.05, 3.63) is 58.7 Å². The van der Waals surface area contributed by atoms with Gasteiger partial charge >= 0.3 is 0 Å². The van der Waals surface area contributed by atoms with E-state index in [1.807, 2.05) is 26.0 Å². The first kappa shape index (κ1) is 13.5. The van der Waals surface area contributed by atoms with E-state index in [4.69, 9.17) is 10.5 Å². The lowest BCUT2D eigenvalue weighted by Crippen LogP contribution is -2.15. The van der Waals surface area contributed by atoms with Gasteiger partial charge in [-0.2, -0.15) is 0 Å². The average Bonchev–Trinajstić information content (AvgIpc) is 2.37. The Balaban J connectivity index is 2.46. The van der Waals surface area contributed by atoms with Crippen LogP contribution < -0.4 is 10.5 Å². The number of nitrogens with two attached hydrogens (primary N) is 1. The van der Waals surface area contributed by atoms with E-state index < -0.39 is 11.9 Å². The first-order chi connectivity index (χ1) is 9.02. The monoisotopic (exact) mass is 260 g/mol. The summed E-state index contributed by atoms with van der Waals surface area (Å²) in [6, 6.07) is 8.20. The molecule has 0 radical (unpaired) electrons. The van der Waals surface area contributed by atoms with E-state index in [-0.39, 0.29) is 5.75 Å². The van der Waals surface area contributed by atoms with Crippen LogP contribution in [-0.4, -0.2) is 12.1 Å². The highest BCUT2D eigenvalue weighted by molar-refractivity contribution is 5.38. The van der Waals surface area contributed by atoms with Crippen LogP contribution >= 0.6 is 0 Å². The minimum Gasteiger partial charge on any atom is -0.494 e. The van der Waals surface area contributed by atoms with Gasteiger partial charge in [0, 0.05) is 17.0 Å². The van der Waals surface area contributed by atoms with Gasteiger partial charge in [-0.1, -0.05) is 12.1 Å². The lowest BCUT2D eigenvalue weighted by molar-refractivity contribution is 0.383. The van der Waals surface area contributed by atoms with E-state index in [1.165, 1.54) is 7.11 Å². The van der Waals surface area contributed by atoms with E-state index in [1.54, 1.807) is 18.2 Å². The van der Waals surface area contributed by atoms with E-state index in [0.717, 1.165) is 17.0 Å². The summed E-state index contributed by atoms with van der Waals surface area (Å²) in [4.78, 5) is 4.29. The Hall–Kier alpha value is -1.94. The maximum Gasteiger partial charge on any atom is 0.170 e. The second kappa shape index (κ2) is 5.36. The van der Waals surface area contributed by atoms with Crippen molar-refractivity contribution in [1.29, 1.82) is 0 Å². The molecule has 3 nitrogen and oxygen atoms in total. The summed E-state index contributed by atoms with van der Waals surface area (Å²) < 4.78 is 19.2. The molecule has 1 aromatic carbocycles. The Kier molecular flexibility index (Phi) is 3.81. The molecule has 4 heteroatoms. The molecule has 2 N–H and O–H groups in total. The van der Waals surface area contributed by atoms with Gasteiger partial charge < -0.3 is 10.5 Å². The van der Waals surface area contributed by atoms with Gasteiger partial charge in [0.2, 0.25) is 0 Å². The molecule has 0 amide bonds. The van der Waals surface area contributed by atoms with Crippen LogP contribution in [-0.2, 0) is 0 Å². The summed E-state index contributed by atoms with van der Waals surface area (Å²) in [5.41, 5.74) is 9.16. The van der Waals surface area contributed by atoms with Crippen LogP contribution in [0.15, 0.2) is 30.3 Å². The zero-order valence-electron chi connectivity index (χ0n) is 11.3. The number of hydrogen-bond donors (Lipinski definition) is 1. The molecule has 2 rings (SSSR count). The zero-order valence-corrected chi connectivity index (χ0v) is 11.3. The van der Waals surface area contributed by atoms with Gasteiger partial charge in [-0.3, -0.25) is 4.98 Å². The average molecular weight is 260 g/mol. The van der Waals surface area contributed by atoms with Gasteiger partial charge in [0.05, 0.1) is 13.2 Å². The predicted octanol–water partition coefficient (Wildman–Crippen LogP) is 2.89. The first-order valence-electron chi connectivity index (χ1n) is 6.06. The van der Waals surface area contributed by atoms with Crippen molar-refractivity contribution < 1.29 is 9.13 Å². The van der Waals surface area contributed by atoms with Gasteiger partial charge in [0.15, 0.2) is 11.6 Å². The number of nitrogens with zero attached hydrogens (tertiary/aromatic N) is 1. The summed E-state index contributed by atoms with van der Waals surface area (Å²) in [7, 11) is 1.44. The van der Waals surface area contributed by atoms with Crippen molar-refractivity contribution in [2.75, 3.05) is 7.11 Å². The molecule has 2 aromatic rings. The first-order valence-corrected chi connectivity index (χ1v) is 6.06.